The van der Waals surface area contributed by atoms with E-state index >= 15 is 0 Å². The van der Waals surface area contributed by atoms with Gasteiger partial charge in [0.15, 0.2) is 0 Å². The van der Waals surface area contributed by atoms with Crippen molar-refractivity contribution in [2.45, 2.75) is 32.3 Å². The first-order valence-electron chi connectivity index (χ1n) is 6.05. The Morgan fingerprint density at radius 3 is 3.11 bits per heavy atom. The van der Waals surface area contributed by atoms with Crippen LogP contribution in [0, 0.1) is 11.3 Å². The summed E-state index contributed by atoms with van der Waals surface area (Å²) in [4.78, 5) is 8.30. The van der Waals surface area contributed by atoms with Gasteiger partial charge in [0.2, 0.25) is 11.7 Å². The highest BCUT2D eigenvalue weighted by molar-refractivity contribution is 5.58. The van der Waals surface area contributed by atoms with E-state index in [1.54, 1.807) is 12.4 Å². The predicted molar refractivity (Wildman–Crippen MR) is 66.8 cm³/mol. The van der Waals surface area contributed by atoms with Crippen LogP contribution in [0.15, 0.2) is 23.0 Å². The van der Waals surface area contributed by atoms with E-state index in [9.17, 15) is 5.11 Å². The Labute approximate surface area is 110 Å². The van der Waals surface area contributed by atoms with Crippen molar-refractivity contribution in [1.82, 2.24) is 15.1 Å². The fourth-order valence-electron chi connectivity index (χ4n) is 1.75. The van der Waals surface area contributed by atoms with E-state index in [1.807, 2.05) is 19.1 Å². The lowest BCUT2D eigenvalue weighted by Crippen LogP contribution is -2.09. The molecule has 2 heterocycles. The molecule has 1 N–H and O–H groups in total. The number of nitrogens with zero attached hydrogens (tertiary/aromatic N) is 4. The Hall–Kier alpha value is -2.26. The third kappa shape index (κ3) is 3.14. The highest BCUT2D eigenvalue weighted by atomic mass is 16.5. The molecule has 0 amide bonds. The van der Waals surface area contributed by atoms with Gasteiger partial charge in [0.05, 0.1) is 25.0 Å². The molecule has 2 aromatic rings. The summed E-state index contributed by atoms with van der Waals surface area (Å²) in [7, 11) is 0. The summed E-state index contributed by atoms with van der Waals surface area (Å²) in [5.74, 6) is 0.815. The highest BCUT2D eigenvalue weighted by Crippen LogP contribution is 2.20. The molecular weight excluding hydrogens is 244 g/mol. The average Bonchev–Trinajstić information content (AvgIpc) is 2.87. The second kappa shape index (κ2) is 6.07. The molecule has 2 aromatic heterocycles. The van der Waals surface area contributed by atoms with Crippen LogP contribution in [0.25, 0.3) is 11.4 Å². The van der Waals surface area contributed by atoms with Crippen LogP contribution in [0.1, 0.15) is 24.8 Å². The van der Waals surface area contributed by atoms with Gasteiger partial charge in [-0.15, -0.1) is 0 Å². The lowest BCUT2D eigenvalue weighted by atomic mass is 10.1. The van der Waals surface area contributed by atoms with Crippen molar-refractivity contribution in [2.24, 2.45) is 0 Å². The van der Waals surface area contributed by atoms with Crippen LogP contribution in [-0.4, -0.2) is 26.3 Å². The lowest BCUT2D eigenvalue weighted by Gasteiger charge is -2.01. The number of aromatic nitrogens is 3. The largest absolute Gasteiger partial charge is 0.392 e. The maximum atomic E-state index is 9.52. The second-order valence-corrected chi connectivity index (χ2v) is 4.12. The number of aryl methyl sites for hydroxylation is 1. The number of rotatable bonds is 5. The summed E-state index contributed by atoms with van der Waals surface area (Å²) >= 11 is 0. The van der Waals surface area contributed by atoms with Crippen molar-refractivity contribution in [3.05, 3.63) is 29.9 Å². The molecule has 6 nitrogen and oxygen atoms in total. The third-order valence-corrected chi connectivity index (χ3v) is 2.73. The van der Waals surface area contributed by atoms with E-state index < -0.39 is 6.10 Å². The Balaban J connectivity index is 2.19. The maximum absolute atomic E-state index is 9.52. The molecule has 19 heavy (non-hydrogen) atoms. The number of nitriles is 1. The maximum Gasteiger partial charge on any atom is 0.229 e. The van der Waals surface area contributed by atoms with Gasteiger partial charge in [0.1, 0.15) is 0 Å². The van der Waals surface area contributed by atoms with Gasteiger partial charge in [-0.1, -0.05) is 12.1 Å². The van der Waals surface area contributed by atoms with Gasteiger partial charge < -0.3 is 9.63 Å². The predicted octanol–water partition coefficient (Wildman–Crippen LogP) is 1.51. The second-order valence-electron chi connectivity index (χ2n) is 4.12. The Morgan fingerprint density at radius 1 is 1.53 bits per heavy atom. The minimum Gasteiger partial charge on any atom is -0.392 e. The normalized spacial score (nSPS) is 12.1. The van der Waals surface area contributed by atoms with Gasteiger partial charge in [-0.25, -0.2) is 0 Å². The fraction of sp³-hybridized carbons (Fsp3) is 0.385. The molecule has 1 atom stereocenters. The molecule has 2 rings (SSSR count). The van der Waals surface area contributed by atoms with Crippen LogP contribution >= 0.6 is 0 Å². The number of aliphatic hydroxyl groups is 1. The third-order valence-electron chi connectivity index (χ3n) is 2.73. The van der Waals surface area contributed by atoms with Crippen LogP contribution in [0.3, 0.4) is 0 Å². The molecule has 0 radical (unpaired) electrons. The molecule has 0 saturated heterocycles. The summed E-state index contributed by atoms with van der Waals surface area (Å²) in [6.07, 6.45) is 3.73. The molecule has 0 spiro atoms. The first kappa shape index (κ1) is 13.2. The lowest BCUT2D eigenvalue weighted by molar-refractivity contribution is 0.167. The molecule has 1 unspecified atom stereocenters. The first-order chi connectivity index (χ1) is 9.24. The smallest absolute Gasteiger partial charge is 0.229 e. The van der Waals surface area contributed by atoms with Crippen LogP contribution in [0.2, 0.25) is 0 Å². The summed E-state index contributed by atoms with van der Waals surface area (Å²) < 4.78 is 5.08. The van der Waals surface area contributed by atoms with Crippen LogP contribution in [0.4, 0.5) is 0 Å². The molecule has 98 valence electrons. The van der Waals surface area contributed by atoms with Gasteiger partial charge >= 0.3 is 0 Å². The zero-order valence-corrected chi connectivity index (χ0v) is 10.6. The summed E-state index contributed by atoms with van der Waals surface area (Å²) in [6, 6.07) is 3.73. The van der Waals surface area contributed by atoms with Crippen molar-refractivity contribution in [1.29, 1.82) is 5.26 Å². The van der Waals surface area contributed by atoms with Gasteiger partial charge in [-0.2, -0.15) is 10.2 Å². The monoisotopic (exact) mass is 258 g/mol. The minimum absolute atomic E-state index is 0.0488. The van der Waals surface area contributed by atoms with E-state index in [0.717, 1.165) is 17.5 Å². The van der Waals surface area contributed by atoms with Gasteiger partial charge in [-0.05, 0) is 18.1 Å². The molecule has 0 aliphatic carbocycles. The average molecular weight is 258 g/mol. The minimum atomic E-state index is -0.776. The van der Waals surface area contributed by atoms with E-state index in [4.69, 9.17) is 9.78 Å². The van der Waals surface area contributed by atoms with E-state index in [1.165, 1.54) is 0 Å². The van der Waals surface area contributed by atoms with Crippen LogP contribution < -0.4 is 0 Å². The molecule has 0 bridgehead atoms. The highest BCUT2D eigenvalue weighted by Gasteiger charge is 2.14. The van der Waals surface area contributed by atoms with Crippen molar-refractivity contribution < 1.29 is 9.63 Å². The molecule has 0 fully saturated rings. The molecule has 6 heteroatoms. The van der Waals surface area contributed by atoms with E-state index in [-0.39, 0.29) is 12.8 Å². The van der Waals surface area contributed by atoms with Crippen molar-refractivity contribution >= 4 is 0 Å². The molecule has 0 aliphatic rings. The van der Waals surface area contributed by atoms with E-state index in [0.29, 0.717) is 11.7 Å². The Kier molecular flexibility index (Phi) is 4.21. The summed E-state index contributed by atoms with van der Waals surface area (Å²) in [6.45, 7) is 2.03. The standard InChI is InChI=1S/C13H14N4O2/c1-2-9-8-15-6-4-11(9)13-16-12(19-17-13)7-10(18)3-5-14/h4,6,8,10,18H,2-3,7H2,1H3. The number of hydrogen-bond donors (Lipinski definition) is 1. The quantitative estimate of drug-likeness (QED) is 0.873. The molecule has 0 saturated carbocycles. The molecular formula is C13H14N4O2. The van der Waals surface area contributed by atoms with Gasteiger partial charge in [0, 0.05) is 18.0 Å². The zero-order chi connectivity index (χ0) is 13.7. The topological polar surface area (TPSA) is 95.8 Å². The van der Waals surface area contributed by atoms with Crippen molar-refractivity contribution in [2.75, 3.05) is 0 Å². The Bertz CT molecular complexity index is 588. The van der Waals surface area contributed by atoms with E-state index in [2.05, 4.69) is 15.1 Å². The molecule has 0 aliphatic heterocycles. The number of aliphatic hydroxyl groups excluding tert-OH is 1. The summed E-state index contributed by atoms with van der Waals surface area (Å²) in [5.41, 5.74) is 1.91. The first-order valence-corrected chi connectivity index (χ1v) is 6.05. The van der Waals surface area contributed by atoms with Crippen LogP contribution in [-0.2, 0) is 12.8 Å². The SMILES string of the molecule is CCc1cnccc1-c1noc(CC(O)CC#N)n1. The fourth-order valence-corrected chi connectivity index (χ4v) is 1.75. The van der Waals surface area contributed by atoms with Crippen molar-refractivity contribution in [3.63, 3.8) is 0 Å². The zero-order valence-electron chi connectivity index (χ0n) is 10.6. The van der Waals surface area contributed by atoms with Gasteiger partial charge in [-0.3, -0.25) is 4.98 Å². The Morgan fingerprint density at radius 2 is 2.37 bits per heavy atom. The van der Waals surface area contributed by atoms with Crippen molar-refractivity contribution in [3.8, 4) is 17.5 Å². The number of pyridine rings is 1. The van der Waals surface area contributed by atoms with Gasteiger partial charge in [0.25, 0.3) is 0 Å². The number of hydrogen-bond acceptors (Lipinski definition) is 6. The summed E-state index contributed by atoms with van der Waals surface area (Å²) in [5, 5.41) is 21.9. The van der Waals surface area contributed by atoms with Crippen LogP contribution in [0.5, 0.6) is 0 Å². The molecule has 0 aromatic carbocycles.